The standard InChI is InChI=1S/C12H17FN2O/c1-16-12-4-3-10(9-11(12)13)15-7-2-5-14-6-8-15/h3-4,9,14H,2,5-8H2,1H3. The monoisotopic (exact) mass is 224 g/mol. The van der Waals surface area contributed by atoms with E-state index in [4.69, 9.17) is 4.74 Å². The fourth-order valence-electron chi connectivity index (χ4n) is 1.96. The molecule has 0 aromatic heterocycles. The van der Waals surface area contributed by atoms with Crippen LogP contribution in [-0.2, 0) is 0 Å². The van der Waals surface area contributed by atoms with Crippen molar-refractivity contribution in [2.45, 2.75) is 6.42 Å². The highest BCUT2D eigenvalue weighted by Crippen LogP contribution is 2.23. The molecule has 1 fully saturated rings. The van der Waals surface area contributed by atoms with E-state index in [-0.39, 0.29) is 5.82 Å². The molecular formula is C12H17FN2O. The largest absolute Gasteiger partial charge is 0.494 e. The van der Waals surface area contributed by atoms with E-state index < -0.39 is 0 Å². The molecule has 0 unspecified atom stereocenters. The van der Waals surface area contributed by atoms with Crippen LogP contribution >= 0.6 is 0 Å². The lowest BCUT2D eigenvalue weighted by molar-refractivity contribution is 0.386. The van der Waals surface area contributed by atoms with Crippen molar-refractivity contribution in [3.8, 4) is 5.75 Å². The van der Waals surface area contributed by atoms with Gasteiger partial charge in [-0.3, -0.25) is 0 Å². The molecule has 1 N–H and O–H groups in total. The first kappa shape index (κ1) is 11.2. The Morgan fingerprint density at radius 3 is 2.94 bits per heavy atom. The lowest BCUT2D eigenvalue weighted by Crippen LogP contribution is -2.27. The number of ether oxygens (including phenoxy) is 1. The lowest BCUT2D eigenvalue weighted by Gasteiger charge is -2.22. The minimum atomic E-state index is -0.294. The third-order valence-corrected chi connectivity index (χ3v) is 2.84. The highest BCUT2D eigenvalue weighted by Gasteiger charge is 2.11. The molecule has 1 aromatic carbocycles. The van der Waals surface area contributed by atoms with Gasteiger partial charge in [-0.2, -0.15) is 0 Å². The van der Waals surface area contributed by atoms with E-state index in [1.54, 1.807) is 12.1 Å². The van der Waals surface area contributed by atoms with Crippen LogP contribution in [0.5, 0.6) is 5.75 Å². The van der Waals surface area contributed by atoms with E-state index >= 15 is 0 Å². The molecule has 3 nitrogen and oxygen atoms in total. The highest BCUT2D eigenvalue weighted by molar-refractivity contribution is 5.50. The van der Waals surface area contributed by atoms with E-state index in [1.807, 2.05) is 6.07 Å². The fourth-order valence-corrected chi connectivity index (χ4v) is 1.96. The number of nitrogens with zero attached hydrogens (tertiary/aromatic N) is 1. The number of hydrogen-bond donors (Lipinski definition) is 1. The summed E-state index contributed by atoms with van der Waals surface area (Å²) in [7, 11) is 1.48. The summed E-state index contributed by atoms with van der Waals surface area (Å²) >= 11 is 0. The van der Waals surface area contributed by atoms with Crippen LogP contribution in [0.3, 0.4) is 0 Å². The summed E-state index contributed by atoms with van der Waals surface area (Å²) in [5, 5.41) is 3.32. The number of nitrogens with one attached hydrogen (secondary N) is 1. The summed E-state index contributed by atoms with van der Waals surface area (Å²) in [4.78, 5) is 2.20. The minimum absolute atomic E-state index is 0.294. The zero-order valence-corrected chi connectivity index (χ0v) is 9.50. The second-order valence-corrected chi connectivity index (χ2v) is 3.91. The van der Waals surface area contributed by atoms with Crippen molar-refractivity contribution in [2.75, 3.05) is 38.2 Å². The molecule has 1 aliphatic heterocycles. The van der Waals surface area contributed by atoms with Gasteiger partial charge in [0.15, 0.2) is 11.6 Å². The quantitative estimate of drug-likeness (QED) is 0.826. The maximum Gasteiger partial charge on any atom is 0.167 e. The van der Waals surface area contributed by atoms with Crippen LogP contribution in [0, 0.1) is 5.82 Å². The maximum absolute atomic E-state index is 13.5. The normalized spacial score (nSPS) is 17.0. The number of benzene rings is 1. The second kappa shape index (κ2) is 5.16. The first-order valence-corrected chi connectivity index (χ1v) is 5.60. The molecule has 0 spiro atoms. The van der Waals surface area contributed by atoms with Gasteiger partial charge in [0.2, 0.25) is 0 Å². The number of halogens is 1. The van der Waals surface area contributed by atoms with Crippen LogP contribution in [0.1, 0.15) is 6.42 Å². The molecule has 0 amide bonds. The molecule has 0 aliphatic carbocycles. The van der Waals surface area contributed by atoms with Gasteiger partial charge in [0, 0.05) is 31.4 Å². The van der Waals surface area contributed by atoms with Crippen LogP contribution in [0.4, 0.5) is 10.1 Å². The van der Waals surface area contributed by atoms with Crippen LogP contribution in [0.15, 0.2) is 18.2 Å². The summed E-state index contributed by atoms with van der Waals surface area (Å²) < 4.78 is 18.4. The number of hydrogen-bond acceptors (Lipinski definition) is 3. The van der Waals surface area contributed by atoms with E-state index in [0.29, 0.717) is 5.75 Å². The van der Waals surface area contributed by atoms with Crippen molar-refractivity contribution in [1.82, 2.24) is 5.32 Å². The summed E-state index contributed by atoms with van der Waals surface area (Å²) in [5.41, 5.74) is 0.932. The molecule has 0 radical (unpaired) electrons. The Bertz CT molecular complexity index is 349. The Kier molecular flexibility index (Phi) is 3.62. The van der Waals surface area contributed by atoms with Crippen molar-refractivity contribution in [1.29, 1.82) is 0 Å². The molecule has 1 saturated heterocycles. The Morgan fingerprint density at radius 1 is 1.31 bits per heavy atom. The zero-order chi connectivity index (χ0) is 11.4. The first-order valence-electron chi connectivity index (χ1n) is 5.60. The average molecular weight is 224 g/mol. The van der Waals surface area contributed by atoms with Gasteiger partial charge in [0.25, 0.3) is 0 Å². The zero-order valence-electron chi connectivity index (χ0n) is 9.50. The van der Waals surface area contributed by atoms with Crippen molar-refractivity contribution < 1.29 is 9.13 Å². The van der Waals surface area contributed by atoms with Gasteiger partial charge in [-0.15, -0.1) is 0 Å². The van der Waals surface area contributed by atoms with Crippen LogP contribution in [0.25, 0.3) is 0 Å². The molecule has 16 heavy (non-hydrogen) atoms. The Hall–Kier alpha value is -1.29. The van der Waals surface area contributed by atoms with Gasteiger partial charge in [-0.05, 0) is 25.1 Å². The molecule has 4 heteroatoms. The van der Waals surface area contributed by atoms with E-state index in [9.17, 15) is 4.39 Å². The Morgan fingerprint density at radius 2 is 2.19 bits per heavy atom. The highest BCUT2D eigenvalue weighted by atomic mass is 19.1. The molecular weight excluding hydrogens is 207 g/mol. The smallest absolute Gasteiger partial charge is 0.167 e. The van der Waals surface area contributed by atoms with Gasteiger partial charge in [-0.25, -0.2) is 4.39 Å². The molecule has 1 heterocycles. The summed E-state index contributed by atoms with van der Waals surface area (Å²) in [6.07, 6.45) is 1.09. The third kappa shape index (κ3) is 2.44. The molecule has 0 atom stereocenters. The molecule has 2 rings (SSSR count). The summed E-state index contributed by atoms with van der Waals surface area (Å²) in [6.45, 7) is 3.88. The van der Waals surface area contributed by atoms with Crippen molar-refractivity contribution >= 4 is 5.69 Å². The molecule has 1 aromatic rings. The van der Waals surface area contributed by atoms with Crippen LogP contribution in [-0.4, -0.2) is 33.3 Å². The predicted molar refractivity (Wildman–Crippen MR) is 62.7 cm³/mol. The van der Waals surface area contributed by atoms with Gasteiger partial charge in [0.05, 0.1) is 7.11 Å². The van der Waals surface area contributed by atoms with Gasteiger partial charge < -0.3 is 15.0 Å². The van der Waals surface area contributed by atoms with E-state index in [1.165, 1.54) is 7.11 Å². The summed E-state index contributed by atoms with van der Waals surface area (Å²) in [5.74, 6) is 0.00824. The van der Waals surface area contributed by atoms with Gasteiger partial charge in [0.1, 0.15) is 0 Å². The van der Waals surface area contributed by atoms with Crippen molar-refractivity contribution in [3.63, 3.8) is 0 Å². The molecule has 0 bridgehead atoms. The Balaban J connectivity index is 2.16. The average Bonchev–Trinajstić information content (AvgIpc) is 2.57. The number of rotatable bonds is 2. The lowest BCUT2D eigenvalue weighted by atomic mass is 10.2. The van der Waals surface area contributed by atoms with Crippen LogP contribution < -0.4 is 15.0 Å². The van der Waals surface area contributed by atoms with Crippen molar-refractivity contribution in [3.05, 3.63) is 24.0 Å². The van der Waals surface area contributed by atoms with E-state index in [2.05, 4.69) is 10.2 Å². The molecule has 1 aliphatic rings. The number of anilines is 1. The number of methoxy groups -OCH3 is 1. The van der Waals surface area contributed by atoms with E-state index in [0.717, 1.165) is 38.3 Å². The minimum Gasteiger partial charge on any atom is -0.494 e. The van der Waals surface area contributed by atoms with Gasteiger partial charge in [-0.1, -0.05) is 0 Å². The topological polar surface area (TPSA) is 24.5 Å². The van der Waals surface area contributed by atoms with Crippen LogP contribution in [0.2, 0.25) is 0 Å². The maximum atomic E-state index is 13.5. The molecule has 0 saturated carbocycles. The third-order valence-electron chi connectivity index (χ3n) is 2.84. The SMILES string of the molecule is COc1ccc(N2CCCNCC2)cc1F. The van der Waals surface area contributed by atoms with Gasteiger partial charge >= 0.3 is 0 Å². The summed E-state index contributed by atoms with van der Waals surface area (Å²) in [6, 6.07) is 5.14. The second-order valence-electron chi connectivity index (χ2n) is 3.91. The predicted octanol–water partition coefficient (Wildman–Crippen LogP) is 1.63. The Labute approximate surface area is 95.2 Å². The van der Waals surface area contributed by atoms with Crippen molar-refractivity contribution in [2.24, 2.45) is 0 Å². The fraction of sp³-hybridized carbons (Fsp3) is 0.500. The first-order chi connectivity index (χ1) is 7.81. The molecule has 88 valence electrons.